The Bertz CT molecular complexity index is 1520. The summed E-state index contributed by atoms with van der Waals surface area (Å²) >= 11 is 2.81. The van der Waals surface area contributed by atoms with Crippen LogP contribution in [-0.4, -0.2) is 27.7 Å². The monoisotopic (exact) mass is 474 g/mol. The summed E-state index contributed by atoms with van der Waals surface area (Å²) in [5.74, 6) is 0.261. The van der Waals surface area contributed by atoms with Gasteiger partial charge in [0, 0.05) is 21.4 Å². The molecule has 0 aliphatic rings. The number of carbonyl (C=O) groups excluding carboxylic acids is 1. The molecule has 3 heterocycles. The van der Waals surface area contributed by atoms with Crippen LogP contribution in [0.15, 0.2) is 71.1 Å². The second-order valence-electron chi connectivity index (χ2n) is 7.21. The topological polar surface area (TPSA) is 86.1 Å². The molecule has 0 bridgehead atoms. The van der Waals surface area contributed by atoms with E-state index >= 15 is 0 Å². The van der Waals surface area contributed by atoms with E-state index in [0.717, 1.165) is 32.0 Å². The number of nitrogens with zero attached hydrogens (tertiary/aromatic N) is 3. The van der Waals surface area contributed by atoms with E-state index in [9.17, 15) is 9.59 Å². The van der Waals surface area contributed by atoms with Crippen molar-refractivity contribution in [3.8, 4) is 27.4 Å². The number of benzene rings is 2. The minimum absolute atomic E-state index is 0.225. The van der Waals surface area contributed by atoms with Crippen molar-refractivity contribution in [3.63, 3.8) is 0 Å². The van der Waals surface area contributed by atoms with Gasteiger partial charge in [0.25, 0.3) is 11.5 Å². The number of thiophene rings is 1. The lowest BCUT2D eigenvalue weighted by Gasteiger charge is -2.07. The predicted molar refractivity (Wildman–Crippen MR) is 132 cm³/mol. The maximum atomic E-state index is 13.3. The van der Waals surface area contributed by atoms with Crippen molar-refractivity contribution in [1.82, 2.24) is 14.6 Å². The van der Waals surface area contributed by atoms with Crippen LogP contribution < -0.4 is 15.7 Å². The van der Waals surface area contributed by atoms with Crippen molar-refractivity contribution in [2.75, 3.05) is 12.5 Å². The van der Waals surface area contributed by atoms with E-state index in [2.05, 4.69) is 15.4 Å². The zero-order valence-electron chi connectivity index (χ0n) is 17.7. The zero-order valence-corrected chi connectivity index (χ0v) is 19.4. The van der Waals surface area contributed by atoms with Crippen LogP contribution in [0.3, 0.4) is 0 Å². The Morgan fingerprint density at radius 3 is 2.55 bits per heavy atom. The average Bonchev–Trinajstić information content (AvgIpc) is 3.46. The number of aromatic nitrogens is 3. The Morgan fingerprint density at radius 1 is 1.06 bits per heavy atom. The van der Waals surface area contributed by atoms with E-state index in [4.69, 9.17) is 4.74 Å². The number of ether oxygens (including phenoxy) is 1. The molecule has 164 valence electrons. The van der Waals surface area contributed by atoms with Crippen LogP contribution in [0.25, 0.3) is 31.9 Å². The Morgan fingerprint density at radius 2 is 1.82 bits per heavy atom. The molecule has 0 saturated heterocycles. The lowest BCUT2D eigenvalue weighted by atomic mass is 10.0. The quantitative estimate of drug-likeness (QED) is 0.390. The van der Waals surface area contributed by atoms with Gasteiger partial charge in [-0.3, -0.25) is 15.0 Å². The van der Waals surface area contributed by atoms with E-state index in [0.29, 0.717) is 15.2 Å². The van der Waals surface area contributed by atoms with Gasteiger partial charge in [0.15, 0.2) is 0 Å². The number of aryl methyl sites for hydroxylation is 1. The third kappa shape index (κ3) is 3.92. The fraction of sp³-hybridized carbons (Fsp3) is 0.0833. The van der Waals surface area contributed by atoms with Crippen LogP contribution in [0.2, 0.25) is 0 Å². The maximum Gasteiger partial charge on any atom is 0.289 e. The number of rotatable bonds is 5. The standard InChI is InChI=1S/C24H18N4O3S2/c1-14-19(15-6-4-3-5-7-15)20-23(33-14)25-13-28(24(20)30)27-21(29)18-12-32-22(26-18)16-8-10-17(31-2)11-9-16/h3-13H,1-2H3,(H,27,29). The third-order valence-corrected chi connectivity index (χ3v) is 7.05. The number of amides is 1. The van der Waals surface area contributed by atoms with Crippen LogP contribution in [0, 0.1) is 6.92 Å². The highest BCUT2D eigenvalue weighted by atomic mass is 32.1. The Labute approximate surface area is 196 Å². The smallest absolute Gasteiger partial charge is 0.289 e. The van der Waals surface area contributed by atoms with Crippen molar-refractivity contribution in [2.24, 2.45) is 0 Å². The van der Waals surface area contributed by atoms with Gasteiger partial charge in [0.1, 0.15) is 27.6 Å². The molecular weight excluding hydrogens is 456 g/mol. The first-order valence-electron chi connectivity index (χ1n) is 10.0. The van der Waals surface area contributed by atoms with Crippen molar-refractivity contribution in [2.45, 2.75) is 6.92 Å². The van der Waals surface area contributed by atoms with Crippen LogP contribution >= 0.6 is 22.7 Å². The van der Waals surface area contributed by atoms with Gasteiger partial charge in [-0.2, -0.15) is 0 Å². The summed E-state index contributed by atoms with van der Waals surface area (Å²) in [6, 6.07) is 17.1. The summed E-state index contributed by atoms with van der Waals surface area (Å²) in [5.41, 5.74) is 5.17. The predicted octanol–water partition coefficient (Wildman–Crippen LogP) is 4.95. The molecule has 5 rings (SSSR count). The van der Waals surface area contributed by atoms with Crippen molar-refractivity contribution in [3.05, 3.63) is 87.2 Å². The first-order valence-corrected chi connectivity index (χ1v) is 11.7. The molecule has 9 heteroatoms. The average molecular weight is 475 g/mol. The molecule has 1 N–H and O–H groups in total. The molecule has 0 atom stereocenters. The molecule has 0 spiro atoms. The lowest BCUT2D eigenvalue weighted by molar-refractivity contribution is 0.100. The van der Waals surface area contributed by atoms with Crippen molar-refractivity contribution in [1.29, 1.82) is 0 Å². The number of methoxy groups -OCH3 is 1. The molecule has 0 aliphatic carbocycles. The van der Waals surface area contributed by atoms with E-state index in [-0.39, 0.29) is 11.3 Å². The van der Waals surface area contributed by atoms with Gasteiger partial charge in [-0.05, 0) is 36.8 Å². The third-order valence-electron chi connectivity index (χ3n) is 5.15. The number of fused-ring (bicyclic) bond motifs is 1. The fourth-order valence-electron chi connectivity index (χ4n) is 3.55. The van der Waals surface area contributed by atoms with Gasteiger partial charge in [0.2, 0.25) is 0 Å². The summed E-state index contributed by atoms with van der Waals surface area (Å²) in [7, 11) is 1.61. The lowest BCUT2D eigenvalue weighted by Crippen LogP contribution is -2.33. The largest absolute Gasteiger partial charge is 0.497 e. The molecule has 33 heavy (non-hydrogen) atoms. The molecule has 0 fully saturated rings. The molecular formula is C24H18N4O3S2. The second-order valence-corrected chi connectivity index (χ2v) is 9.27. The van der Waals surface area contributed by atoms with E-state index in [1.165, 1.54) is 29.0 Å². The molecule has 0 aliphatic heterocycles. The summed E-state index contributed by atoms with van der Waals surface area (Å²) in [4.78, 5) is 36.6. The fourth-order valence-corrected chi connectivity index (χ4v) is 5.35. The minimum atomic E-state index is -0.484. The Hall–Kier alpha value is -3.82. The Balaban J connectivity index is 1.46. The first-order chi connectivity index (χ1) is 16.0. The summed E-state index contributed by atoms with van der Waals surface area (Å²) in [6.45, 7) is 1.97. The molecule has 3 aromatic heterocycles. The van der Waals surface area contributed by atoms with Gasteiger partial charge in [-0.25, -0.2) is 14.6 Å². The normalized spacial score (nSPS) is 11.0. The van der Waals surface area contributed by atoms with Gasteiger partial charge in [0.05, 0.1) is 12.5 Å². The van der Waals surface area contributed by atoms with Crippen LogP contribution in [0.1, 0.15) is 15.4 Å². The van der Waals surface area contributed by atoms with Crippen molar-refractivity contribution < 1.29 is 9.53 Å². The van der Waals surface area contributed by atoms with Gasteiger partial charge in [-0.15, -0.1) is 22.7 Å². The zero-order chi connectivity index (χ0) is 22.9. The number of thiazole rings is 1. The summed E-state index contributed by atoms with van der Waals surface area (Å²) in [6.07, 6.45) is 1.34. The molecule has 2 aromatic carbocycles. The first kappa shape index (κ1) is 21.0. The SMILES string of the molecule is COc1ccc(-c2nc(C(=O)Nn3cnc4sc(C)c(-c5ccccc5)c4c3=O)cs2)cc1. The molecule has 0 saturated carbocycles. The minimum Gasteiger partial charge on any atom is -0.497 e. The number of hydrogen-bond donors (Lipinski definition) is 1. The van der Waals surface area contributed by atoms with Gasteiger partial charge < -0.3 is 4.74 Å². The second kappa shape index (κ2) is 8.61. The molecule has 1 amide bonds. The maximum absolute atomic E-state index is 13.3. The van der Waals surface area contributed by atoms with E-state index in [1.807, 2.05) is 61.5 Å². The molecule has 0 unspecified atom stereocenters. The molecule has 5 aromatic rings. The van der Waals surface area contributed by atoms with Crippen LogP contribution in [0.4, 0.5) is 0 Å². The highest BCUT2D eigenvalue weighted by Crippen LogP contribution is 2.35. The van der Waals surface area contributed by atoms with E-state index < -0.39 is 5.91 Å². The summed E-state index contributed by atoms with van der Waals surface area (Å²) in [5, 5.41) is 2.85. The molecule has 0 radical (unpaired) electrons. The van der Waals surface area contributed by atoms with Crippen LogP contribution in [0.5, 0.6) is 5.75 Å². The number of carbonyl (C=O) groups is 1. The molecule has 7 nitrogen and oxygen atoms in total. The van der Waals surface area contributed by atoms with Crippen molar-refractivity contribution >= 4 is 38.8 Å². The van der Waals surface area contributed by atoms with Gasteiger partial charge in [-0.1, -0.05) is 30.3 Å². The highest BCUT2D eigenvalue weighted by molar-refractivity contribution is 7.19. The number of hydrogen-bond acceptors (Lipinski definition) is 7. The summed E-state index contributed by atoms with van der Waals surface area (Å²) < 4.78 is 6.30. The van der Waals surface area contributed by atoms with Crippen LogP contribution in [-0.2, 0) is 0 Å². The highest BCUT2D eigenvalue weighted by Gasteiger charge is 2.19. The number of nitrogens with one attached hydrogen (secondary N) is 1. The Kier molecular flexibility index (Phi) is 5.49. The van der Waals surface area contributed by atoms with E-state index in [1.54, 1.807) is 12.5 Å². The van der Waals surface area contributed by atoms with Gasteiger partial charge >= 0.3 is 0 Å².